The highest BCUT2D eigenvalue weighted by molar-refractivity contribution is 6.27. The van der Waals surface area contributed by atoms with Gasteiger partial charge in [0.05, 0.1) is 24.8 Å². The molecule has 0 aliphatic rings. The standard InChI is InChI=1S/C28H32ClN5O5.ClH/c1-37-14-11-23-32-26-27(21-9-3-4-10-22(21)31-28(26)30)34(23)13-6-12-33(24(35)16-29)17-19-7-5-8-20(15-19)39-18-25(36)38-2;/h3-5,7-10,15H,6,11-14,16-18H2,1-2H3,(H2,30,31);1H. The number of imidazole rings is 1. The van der Waals surface area contributed by atoms with Crippen molar-refractivity contribution >= 4 is 63.6 Å². The molecule has 12 heteroatoms. The van der Waals surface area contributed by atoms with Crippen LogP contribution in [0.3, 0.4) is 0 Å². The first kappa shape index (κ1) is 30.9. The first-order valence-corrected chi connectivity index (χ1v) is 13.1. The molecule has 0 spiro atoms. The zero-order valence-corrected chi connectivity index (χ0v) is 24.0. The molecule has 1 amide bonds. The Morgan fingerprint density at radius 1 is 1.10 bits per heavy atom. The topological polar surface area (TPSA) is 122 Å². The van der Waals surface area contributed by atoms with Crippen LogP contribution in [0, 0.1) is 0 Å². The molecule has 0 aliphatic heterocycles. The van der Waals surface area contributed by atoms with Crippen LogP contribution in [0.25, 0.3) is 21.9 Å². The van der Waals surface area contributed by atoms with Gasteiger partial charge in [-0.05, 0) is 30.2 Å². The van der Waals surface area contributed by atoms with E-state index in [1.807, 2.05) is 36.4 Å². The van der Waals surface area contributed by atoms with Gasteiger partial charge in [0.2, 0.25) is 5.91 Å². The van der Waals surface area contributed by atoms with Crippen LogP contribution >= 0.6 is 24.0 Å². The molecule has 2 N–H and O–H groups in total. The molecule has 2 aromatic heterocycles. The number of aryl methyl sites for hydroxylation is 1. The monoisotopic (exact) mass is 589 g/mol. The third-order valence-electron chi connectivity index (χ3n) is 6.35. The molecule has 40 heavy (non-hydrogen) atoms. The molecule has 0 bridgehead atoms. The Balaban J connectivity index is 0.00000441. The maximum absolute atomic E-state index is 12.7. The molecule has 0 atom stereocenters. The van der Waals surface area contributed by atoms with Crippen molar-refractivity contribution in [3.63, 3.8) is 0 Å². The van der Waals surface area contributed by atoms with Crippen LogP contribution in [-0.2, 0) is 38.6 Å². The van der Waals surface area contributed by atoms with Gasteiger partial charge in [-0.15, -0.1) is 24.0 Å². The zero-order valence-electron chi connectivity index (χ0n) is 22.5. The van der Waals surface area contributed by atoms with E-state index in [0.29, 0.717) is 56.2 Å². The Bertz CT molecular complexity index is 1460. The van der Waals surface area contributed by atoms with Crippen LogP contribution in [-0.4, -0.2) is 71.2 Å². The van der Waals surface area contributed by atoms with Gasteiger partial charge in [-0.2, -0.15) is 0 Å². The number of anilines is 1. The van der Waals surface area contributed by atoms with Gasteiger partial charge in [-0.3, -0.25) is 4.79 Å². The zero-order chi connectivity index (χ0) is 27.8. The molecule has 10 nitrogen and oxygen atoms in total. The van der Waals surface area contributed by atoms with Gasteiger partial charge in [-0.1, -0.05) is 30.3 Å². The van der Waals surface area contributed by atoms with Crippen molar-refractivity contribution in [3.05, 3.63) is 59.9 Å². The quantitative estimate of drug-likeness (QED) is 0.183. The number of alkyl halides is 1. The molecule has 0 fully saturated rings. The largest absolute Gasteiger partial charge is 0.482 e. The number of methoxy groups -OCH3 is 2. The van der Waals surface area contributed by atoms with E-state index in [1.54, 1.807) is 24.1 Å². The number of nitrogen functional groups attached to an aromatic ring is 1. The van der Waals surface area contributed by atoms with Gasteiger partial charge in [0.15, 0.2) is 12.4 Å². The van der Waals surface area contributed by atoms with Gasteiger partial charge < -0.3 is 29.4 Å². The van der Waals surface area contributed by atoms with Crippen molar-refractivity contribution < 1.29 is 23.8 Å². The average Bonchev–Trinajstić information content (AvgIpc) is 3.33. The van der Waals surface area contributed by atoms with Gasteiger partial charge in [0.25, 0.3) is 0 Å². The number of ether oxygens (including phenoxy) is 3. The summed E-state index contributed by atoms with van der Waals surface area (Å²) in [5.74, 6) is 0.977. The molecule has 4 rings (SSSR count). The SMILES string of the molecule is COCCc1nc2c(N)nc3ccccc3c2n1CCCN(Cc1cccc(OCC(=O)OC)c1)C(=O)CCl.Cl. The van der Waals surface area contributed by atoms with Crippen molar-refractivity contribution in [3.8, 4) is 5.75 Å². The predicted octanol–water partition coefficient (Wildman–Crippen LogP) is 3.99. The van der Waals surface area contributed by atoms with E-state index in [4.69, 9.17) is 31.8 Å². The van der Waals surface area contributed by atoms with Crippen molar-refractivity contribution in [2.75, 3.05) is 45.6 Å². The molecule has 2 heterocycles. The number of nitrogens with two attached hydrogens (primary N) is 1. The lowest BCUT2D eigenvalue weighted by Gasteiger charge is -2.23. The number of nitrogens with zero attached hydrogens (tertiary/aromatic N) is 4. The number of rotatable bonds is 13. The number of benzene rings is 2. The van der Waals surface area contributed by atoms with E-state index in [2.05, 4.69) is 14.3 Å². The summed E-state index contributed by atoms with van der Waals surface area (Å²) in [7, 11) is 2.96. The summed E-state index contributed by atoms with van der Waals surface area (Å²) in [5.41, 5.74) is 9.54. The lowest BCUT2D eigenvalue weighted by Crippen LogP contribution is -2.33. The van der Waals surface area contributed by atoms with Gasteiger partial charge >= 0.3 is 5.97 Å². The summed E-state index contributed by atoms with van der Waals surface area (Å²) < 4.78 is 17.6. The fourth-order valence-corrected chi connectivity index (χ4v) is 4.65. The number of hydrogen-bond donors (Lipinski definition) is 1. The third kappa shape index (κ3) is 7.32. The average molecular weight is 591 g/mol. The summed E-state index contributed by atoms with van der Waals surface area (Å²) in [5, 5.41) is 0.968. The maximum atomic E-state index is 12.7. The van der Waals surface area contributed by atoms with Gasteiger partial charge in [0.1, 0.15) is 23.0 Å². The minimum atomic E-state index is -0.471. The third-order valence-corrected chi connectivity index (χ3v) is 6.58. The normalized spacial score (nSPS) is 10.9. The lowest BCUT2D eigenvalue weighted by atomic mass is 10.1. The molecule has 0 saturated carbocycles. The number of hydrogen-bond acceptors (Lipinski definition) is 8. The van der Waals surface area contributed by atoms with E-state index in [1.165, 1.54) is 7.11 Å². The second kappa shape index (κ2) is 14.7. The molecule has 2 aromatic carbocycles. The molecular formula is C28H33Cl2N5O5. The number of para-hydroxylation sites is 1. The van der Waals surface area contributed by atoms with Crippen molar-refractivity contribution in [1.82, 2.24) is 19.4 Å². The Morgan fingerprint density at radius 2 is 1.90 bits per heavy atom. The first-order chi connectivity index (χ1) is 18.9. The number of esters is 1. The number of halogens is 2. The highest BCUT2D eigenvalue weighted by Crippen LogP contribution is 2.29. The van der Waals surface area contributed by atoms with Gasteiger partial charge in [0, 0.05) is 38.6 Å². The first-order valence-electron chi connectivity index (χ1n) is 12.6. The number of amides is 1. The van der Waals surface area contributed by atoms with Gasteiger partial charge in [-0.25, -0.2) is 14.8 Å². The fraction of sp³-hybridized carbons (Fsp3) is 0.357. The minimum absolute atomic E-state index is 0. The van der Waals surface area contributed by atoms with Crippen LogP contribution in [0.4, 0.5) is 5.82 Å². The summed E-state index contributed by atoms with van der Waals surface area (Å²) in [6, 6.07) is 15.1. The van der Waals surface area contributed by atoms with E-state index >= 15 is 0 Å². The highest BCUT2D eigenvalue weighted by atomic mass is 35.5. The summed E-state index contributed by atoms with van der Waals surface area (Å²) in [4.78, 5) is 35.2. The maximum Gasteiger partial charge on any atom is 0.343 e. The Morgan fingerprint density at radius 3 is 2.65 bits per heavy atom. The van der Waals surface area contributed by atoms with Crippen LogP contribution < -0.4 is 10.5 Å². The number of aromatic nitrogens is 3. The second-order valence-corrected chi connectivity index (χ2v) is 9.22. The molecule has 4 aromatic rings. The van der Waals surface area contributed by atoms with E-state index in [-0.39, 0.29) is 30.8 Å². The smallest absolute Gasteiger partial charge is 0.343 e. The number of carbonyl (C=O) groups excluding carboxylic acids is 2. The van der Waals surface area contributed by atoms with Crippen LogP contribution in [0.2, 0.25) is 0 Å². The second-order valence-electron chi connectivity index (χ2n) is 8.95. The summed E-state index contributed by atoms with van der Waals surface area (Å²) >= 11 is 5.95. The van der Waals surface area contributed by atoms with Crippen molar-refractivity contribution in [2.45, 2.75) is 25.9 Å². The lowest BCUT2D eigenvalue weighted by molar-refractivity contribution is -0.142. The fourth-order valence-electron chi connectivity index (χ4n) is 4.48. The minimum Gasteiger partial charge on any atom is -0.482 e. The van der Waals surface area contributed by atoms with Crippen LogP contribution in [0.15, 0.2) is 48.5 Å². The molecule has 0 saturated heterocycles. The molecular weight excluding hydrogens is 557 g/mol. The number of fused-ring (bicyclic) bond motifs is 3. The van der Waals surface area contributed by atoms with Crippen LogP contribution in [0.1, 0.15) is 17.8 Å². The molecule has 0 unspecified atom stereocenters. The van der Waals surface area contributed by atoms with Crippen molar-refractivity contribution in [1.29, 1.82) is 0 Å². The number of pyridine rings is 1. The van der Waals surface area contributed by atoms with E-state index in [9.17, 15) is 9.59 Å². The van der Waals surface area contributed by atoms with Crippen molar-refractivity contribution in [2.24, 2.45) is 0 Å². The van der Waals surface area contributed by atoms with E-state index in [0.717, 1.165) is 27.8 Å². The van der Waals surface area contributed by atoms with Crippen LogP contribution in [0.5, 0.6) is 5.75 Å². The Hall–Kier alpha value is -3.60. The molecule has 214 valence electrons. The van der Waals surface area contributed by atoms with E-state index < -0.39 is 5.97 Å². The number of carbonyl (C=O) groups is 2. The predicted molar refractivity (Wildman–Crippen MR) is 157 cm³/mol. The summed E-state index contributed by atoms with van der Waals surface area (Å²) in [6.45, 7) is 1.75. The molecule has 0 aliphatic carbocycles. The highest BCUT2D eigenvalue weighted by Gasteiger charge is 2.19. The Kier molecular flexibility index (Phi) is 11.4. The summed E-state index contributed by atoms with van der Waals surface area (Å²) in [6.07, 6.45) is 1.27. The molecule has 0 radical (unpaired) electrons. The Labute approximate surface area is 243 Å².